The second kappa shape index (κ2) is 9.18. The Hall–Kier alpha value is -0.820. The largest absolute Gasteiger partial charge is 0.389 e. The highest BCUT2D eigenvalue weighted by Crippen LogP contribution is 2.28. The van der Waals surface area contributed by atoms with Gasteiger partial charge in [-0.05, 0) is 17.9 Å². The van der Waals surface area contributed by atoms with Gasteiger partial charge < -0.3 is 20.5 Å². The van der Waals surface area contributed by atoms with Crippen molar-refractivity contribution in [3.8, 4) is 0 Å². The van der Waals surface area contributed by atoms with Crippen molar-refractivity contribution in [2.24, 2.45) is 5.73 Å². The standard InChI is InChI=1S/C14H22N2O2S2/c1-4-20-12-7-5-6-11(13(12)14(15)19)16-8-10(18-3)9-17-2/h5-7,10,16H,4,8-9H2,1-3H3,(H2,15,19). The zero-order valence-corrected chi connectivity index (χ0v) is 13.8. The van der Waals surface area contributed by atoms with E-state index in [4.69, 9.17) is 27.4 Å². The molecule has 0 aliphatic rings. The lowest BCUT2D eigenvalue weighted by Gasteiger charge is -2.19. The number of hydrogen-bond donors (Lipinski definition) is 2. The van der Waals surface area contributed by atoms with E-state index in [1.165, 1.54) is 0 Å². The fourth-order valence-electron chi connectivity index (χ4n) is 1.83. The van der Waals surface area contributed by atoms with Crippen LogP contribution < -0.4 is 11.1 Å². The Bertz CT molecular complexity index is 441. The molecular weight excluding hydrogens is 292 g/mol. The first kappa shape index (κ1) is 17.2. The van der Waals surface area contributed by atoms with Crippen LogP contribution in [0.2, 0.25) is 0 Å². The summed E-state index contributed by atoms with van der Waals surface area (Å²) in [6, 6.07) is 6.02. The van der Waals surface area contributed by atoms with Crippen LogP contribution in [0.15, 0.2) is 23.1 Å². The quantitative estimate of drug-likeness (QED) is 0.539. The lowest BCUT2D eigenvalue weighted by Crippen LogP contribution is -2.27. The zero-order valence-electron chi connectivity index (χ0n) is 12.1. The van der Waals surface area contributed by atoms with Gasteiger partial charge in [0.15, 0.2) is 0 Å². The SMILES string of the molecule is CCSc1cccc(NCC(COC)OC)c1C(N)=S. The molecule has 0 amide bonds. The minimum absolute atomic E-state index is 0.0123. The highest BCUT2D eigenvalue weighted by molar-refractivity contribution is 7.99. The number of methoxy groups -OCH3 is 2. The molecule has 0 radical (unpaired) electrons. The molecular formula is C14H22N2O2S2. The minimum atomic E-state index is -0.0123. The molecule has 1 rings (SSSR count). The molecule has 6 heteroatoms. The summed E-state index contributed by atoms with van der Waals surface area (Å²) in [4.78, 5) is 1.51. The summed E-state index contributed by atoms with van der Waals surface area (Å²) in [6.45, 7) is 3.28. The number of thioether (sulfide) groups is 1. The highest BCUT2D eigenvalue weighted by Gasteiger charge is 2.13. The summed E-state index contributed by atoms with van der Waals surface area (Å²) < 4.78 is 10.4. The molecule has 0 saturated carbocycles. The van der Waals surface area contributed by atoms with E-state index in [-0.39, 0.29) is 6.10 Å². The number of thiocarbonyl (C=S) groups is 1. The topological polar surface area (TPSA) is 56.5 Å². The molecule has 112 valence electrons. The number of ether oxygens (including phenoxy) is 2. The first-order valence-electron chi connectivity index (χ1n) is 6.45. The number of hydrogen-bond acceptors (Lipinski definition) is 5. The fraction of sp³-hybridized carbons (Fsp3) is 0.500. The summed E-state index contributed by atoms with van der Waals surface area (Å²) in [7, 11) is 3.33. The molecule has 0 heterocycles. The van der Waals surface area contributed by atoms with Crippen LogP contribution in [-0.4, -0.2) is 44.2 Å². The smallest absolute Gasteiger partial charge is 0.107 e. The van der Waals surface area contributed by atoms with E-state index < -0.39 is 0 Å². The van der Waals surface area contributed by atoms with Gasteiger partial charge in [-0.3, -0.25) is 0 Å². The van der Waals surface area contributed by atoms with Crippen molar-refractivity contribution in [1.82, 2.24) is 0 Å². The van der Waals surface area contributed by atoms with Gasteiger partial charge in [-0.2, -0.15) is 0 Å². The predicted octanol–water partition coefficient (Wildman–Crippen LogP) is 2.51. The summed E-state index contributed by atoms with van der Waals surface area (Å²) >= 11 is 6.91. The maximum atomic E-state index is 5.87. The lowest BCUT2D eigenvalue weighted by molar-refractivity contribution is 0.0365. The van der Waals surface area contributed by atoms with Crippen LogP contribution in [0.3, 0.4) is 0 Å². The second-order valence-electron chi connectivity index (χ2n) is 4.17. The third kappa shape index (κ3) is 4.94. The summed E-state index contributed by atoms with van der Waals surface area (Å²) in [5.74, 6) is 0.976. The van der Waals surface area contributed by atoms with Crippen molar-refractivity contribution in [3.63, 3.8) is 0 Å². The van der Waals surface area contributed by atoms with Gasteiger partial charge >= 0.3 is 0 Å². The molecule has 1 aromatic rings. The Labute approximate surface area is 130 Å². The van der Waals surface area contributed by atoms with Crippen LogP contribution >= 0.6 is 24.0 Å². The van der Waals surface area contributed by atoms with E-state index in [1.807, 2.05) is 18.2 Å². The van der Waals surface area contributed by atoms with Crippen LogP contribution in [-0.2, 0) is 9.47 Å². The van der Waals surface area contributed by atoms with Gasteiger partial charge in [0.1, 0.15) is 4.99 Å². The van der Waals surface area contributed by atoms with E-state index in [9.17, 15) is 0 Å². The molecule has 3 N–H and O–H groups in total. The summed E-state index contributed by atoms with van der Waals surface area (Å²) in [6.07, 6.45) is -0.0123. The summed E-state index contributed by atoms with van der Waals surface area (Å²) in [5.41, 5.74) is 7.71. The molecule has 0 spiro atoms. The van der Waals surface area contributed by atoms with Gasteiger partial charge in [0, 0.05) is 36.9 Å². The average Bonchev–Trinajstić information content (AvgIpc) is 2.43. The van der Waals surface area contributed by atoms with Gasteiger partial charge in [-0.15, -0.1) is 11.8 Å². The van der Waals surface area contributed by atoms with E-state index in [0.717, 1.165) is 21.9 Å². The van der Waals surface area contributed by atoms with Crippen LogP contribution in [0, 0.1) is 0 Å². The lowest BCUT2D eigenvalue weighted by atomic mass is 10.1. The molecule has 1 atom stereocenters. The second-order valence-corrected chi connectivity index (χ2v) is 5.92. The van der Waals surface area contributed by atoms with Crippen molar-refractivity contribution in [2.45, 2.75) is 17.9 Å². The molecule has 4 nitrogen and oxygen atoms in total. The molecule has 20 heavy (non-hydrogen) atoms. The molecule has 1 aromatic carbocycles. The molecule has 0 aromatic heterocycles. The van der Waals surface area contributed by atoms with Crippen molar-refractivity contribution in [1.29, 1.82) is 0 Å². The maximum Gasteiger partial charge on any atom is 0.107 e. The first-order valence-corrected chi connectivity index (χ1v) is 7.84. The zero-order chi connectivity index (χ0) is 15.0. The Morgan fingerprint density at radius 3 is 2.75 bits per heavy atom. The number of benzene rings is 1. The number of anilines is 1. The molecule has 0 saturated heterocycles. The van der Waals surface area contributed by atoms with Gasteiger partial charge in [-0.1, -0.05) is 25.2 Å². The number of rotatable bonds is 9. The van der Waals surface area contributed by atoms with Crippen LogP contribution in [0.4, 0.5) is 5.69 Å². The molecule has 0 aliphatic heterocycles. The monoisotopic (exact) mass is 314 g/mol. The first-order chi connectivity index (χ1) is 9.63. The predicted molar refractivity (Wildman–Crippen MR) is 89.9 cm³/mol. The number of nitrogens with two attached hydrogens (primary N) is 1. The van der Waals surface area contributed by atoms with Gasteiger partial charge in [-0.25, -0.2) is 0 Å². The van der Waals surface area contributed by atoms with Crippen molar-refractivity contribution in [3.05, 3.63) is 23.8 Å². The van der Waals surface area contributed by atoms with Crippen LogP contribution in [0.1, 0.15) is 12.5 Å². The minimum Gasteiger partial charge on any atom is -0.389 e. The van der Waals surface area contributed by atoms with Crippen molar-refractivity contribution < 1.29 is 9.47 Å². The highest BCUT2D eigenvalue weighted by atomic mass is 32.2. The van der Waals surface area contributed by atoms with E-state index >= 15 is 0 Å². The summed E-state index contributed by atoms with van der Waals surface area (Å²) in [5, 5.41) is 3.34. The van der Waals surface area contributed by atoms with Crippen LogP contribution in [0.25, 0.3) is 0 Å². The molecule has 1 unspecified atom stereocenters. The van der Waals surface area contributed by atoms with E-state index in [1.54, 1.807) is 26.0 Å². The normalized spacial score (nSPS) is 12.2. The Balaban J connectivity index is 2.88. The third-order valence-electron chi connectivity index (χ3n) is 2.78. The Kier molecular flexibility index (Phi) is 7.91. The molecule has 0 bridgehead atoms. The van der Waals surface area contributed by atoms with Gasteiger partial charge in [0.05, 0.1) is 12.7 Å². The van der Waals surface area contributed by atoms with Gasteiger partial charge in [0.2, 0.25) is 0 Å². The third-order valence-corrected chi connectivity index (χ3v) is 3.92. The van der Waals surface area contributed by atoms with E-state index in [0.29, 0.717) is 18.1 Å². The Morgan fingerprint density at radius 1 is 1.45 bits per heavy atom. The van der Waals surface area contributed by atoms with Crippen molar-refractivity contribution >= 4 is 34.7 Å². The van der Waals surface area contributed by atoms with Crippen LogP contribution in [0.5, 0.6) is 0 Å². The van der Waals surface area contributed by atoms with Crippen molar-refractivity contribution in [2.75, 3.05) is 38.4 Å². The van der Waals surface area contributed by atoms with E-state index in [2.05, 4.69) is 12.2 Å². The Morgan fingerprint density at radius 2 is 2.20 bits per heavy atom. The van der Waals surface area contributed by atoms with Gasteiger partial charge in [0.25, 0.3) is 0 Å². The maximum absolute atomic E-state index is 5.87. The number of nitrogens with one attached hydrogen (secondary N) is 1. The molecule has 0 aliphatic carbocycles. The molecule has 0 fully saturated rings. The average molecular weight is 314 g/mol. The fourth-order valence-corrected chi connectivity index (χ4v) is 2.96.